The number of hydrogen-bond donors (Lipinski definition) is 1. The Balaban J connectivity index is 2.23. The number of aromatic nitrogens is 2. The third kappa shape index (κ3) is 3.85. The highest BCUT2D eigenvalue weighted by Gasteiger charge is 2.35. The first-order chi connectivity index (χ1) is 12.8. The van der Waals surface area contributed by atoms with Crippen LogP contribution in [0.25, 0.3) is 16.9 Å². The van der Waals surface area contributed by atoms with Crippen LogP contribution in [0.15, 0.2) is 60.8 Å². The van der Waals surface area contributed by atoms with E-state index < -0.39 is 21.1 Å². The number of carboxylic acids is 1. The Labute approximate surface area is 156 Å². The van der Waals surface area contributed by atoms with Gasteiger partial charge in [-0.05, 0) is 36.4 Å². The second-order valence-corrected chi connectivity index (χ2v) is 8.12. The van der Waals surface area contributed by atoms with E-state index in [2.05, 4.69) is 5.10 Å². The molecule has 0 spiro atoms. The van der Waals surface area contributed by atoms with Crippen LogP contribution in [0, 0.1) is 0 Å². The summed E-state index contributed by atoms with van der Waals surface area (Å²) in [5.41, 5.74) is 1.69. The number of carboxylic acid groups (broad SMARTS) is 1. The number of ether oxygens (including phenoxy) is 1. The zero-order chi connectivity index (χ0) is 19.6. The van der Waals surface area contributed by atoms with Crippen molar-refractivity contribution in [1.82, 2.24) is 9.78 Å². The number of methoxy groups -OCH3 is 1. The van der Waals surface area contributed by atoms with Crippen LogP contribution in [0.5, 0.6) is 5.75 Å². The molecule has 1 N–H and O–H groups in total. The summed E-state index contributed by atoms with van der Waals surface area (Å²) >= 11 is 0. The van der Waals surface area contributed by atoms with Crippen molar-refractivity contribution in [3.8, 4) is 22.7 Å². The highest BCUT2D eigenvalue weighted by molar-refractivity contribution is 7.91. The third-order valence-electron chi connectivity index (χ3n) is 4.06. The summed E-state index contributed by atoms with van der Waals surface area (Å²) in [6.07, 6.45) is 2.36. The number of aliphatic carboxylic acids is 1. The molecular formula is C19H18N2O5S. The number of para-hydroxylation sites is 1. The molecule has 0 bridgehead atoms. The number of benzene rings is 2. The van der Waals surface area contributed by atoms with Gasteiger partial charge in [-0.2, -0.15) is 5.10 Å². The molecular weight excluding hydrogens is 368 g/mol. The lowest BCUT2D eigenvalue weighted by atomic mass is 10.1. The molecule has 0 saturated heterocycles. The van der Waals surface area contributed by atoms with Crippen LogP contribution in [0.1, 0.15) is 10.8 Å². The van der Waals surface area contributed by atoms with Gasteiger partial charge in [0.2, 0.25) is 0 Å². The van der Waals surface area contributed by atoms with Crippen molar-refractivity contribution in [2.24, 2.45) is 0 Å². The van der Waals surface area contributed by atoms with E-state index in [-0.39, 0.29) is 5.56 Å². The molecule has 1 heterocycles. The van der Waals surface area contributed by atoms with Crippen molar-refractivity contribution in [3.63, 3.8) is 0 Å². The standard InChI is InChI=1S/C19H18N2O5S/c1-26-15-10-8-13(9-11-15)17-16(18(19(22)23)27(2,24)25)12-21(20-17)14-6-4-3-5-7-14/h3-12,18H,1-2H3,(H,22,23). The van der Waals surface area contributed by atoms with Gasteiger partial charge in [-0.25, -0.2) is 13.1 Å². The van der Waals surface area contributed by atoms with Crippen molar-refractivity contribution < 1.29 is 23.1 Å². The molecule has 0 radical (unpaired) electrons. The van der Waals surface area contributed by atoms with Crippen LogP contribution < -0.4 is 4.74 Å². The number of carbonyl (C=O) groups is 1. The zero-order valence-corrected chi connectivity index (χ0v) is 15.6. The van der Waals surface area contributed by atoms with E-state index in [0.717, 1.165) is 6.26 Å². The minimum Gasteiger partial charge on any atom is -0.497 e. The molecule has 3 rings (SSSR count). The lowest BCUT2D eigenvalue weighted by Crippen LogP contribution is -2.21. The van der Waals surface area contributed by atoms with Gasteiger partial charge in [0.1, 0.15) is 5.75 Å². The van der Waals surface area contributed by atoms with Crippen molar-refractivity contribution in [2.75, 3.05) is 13.4 Å². The Bertz CT molecular complexity index is 1060. The molecule has 0 saturated carbocycles. The van der Waals surface area contributed by atoms with Gasteiger partial charge < -0.3 is 9.84 Å². The molecule has 0 aliphatic carbocycles. The first-order valence-electron chi connectivity index (χ1n) is 8.02. The Morgan fingerprint density at radius 2 is 1.74 bits per heavy atom. The number of rotatable bonds is 6. The first-order valence-corrected chi connectivity index (χ1v) is 9.98. The molecule has 27 heavy (non-hydrogen) atoms. The molecule has 8 heteroatoms. The zero-order valence-electron chi connectivity index (χ0n) is 14.7. The van der Waals surface area contributed by atoms with E-state index >= 15 is 0 Å². The van der Waals surface area contributed by atoms with E-state index in [1.807, 2.05) is 18.2 Å². The maximum absolute atomic E-state index is 12.2. The van der Waals surface area contributed by atoms with Crippen molar-refractivity contribution in [3.05, 3.63) is 66.4 Å². The molecule has 3 aromatic rings. The smallest absolute Gasteiger partial charge is 0.326 e. The predicted molar refractivity (Wildman–Crippen MR) is 101 cm³/mol. The van der Waals surface area contributed by atoms with Gasteiger partial charge >= 0.3 is 5.97 Å². The van der Waals surface area contributed by atoms with Crippen LogP contribution in [0.2, 0.25) is 0 Å². The summed E-state index contributed by atoms with van der Waals surface area (Å²) in [6, 6.07) is 15.9. The third-order valence-corrected chi connectivity index (χ3v) is 5.37. The minimum absolute atomic E-state index is 0.110. The van der Waals surface area contributed by atoms with Gasteiger partial charge in [0, 0.05) is 23.6 Å². The van der Waals surface area contributed by atoms with Gasteiger partial charge in [-0.1, -0.05) is 18.2 Å². The van der Waals surface area contributed by atoms with Gasteiger partial charge in [0.15, 0.2) is 15.1 Å². The molecule has 1 aromatic heterocycles. The number of nitrogens with zero attached hydrogens (tertiary/aromatic N) is 2. The lowest BCUT2D eigenvalue weighted by Gasteiger charge is -2.10. The molecule has 0 amide bonds. The molecule has 2 aromatic carbocycles. The summed E-state index contributed by atoms with van der Waals surface area (Å²) < 4.78 is 30.9. The fraction of sp³-hybridized carbons (Fsp3) is 0.158. The van der Waals surface area contributed by atoms with E-state index in [1.54, 1.807) is 36.4 Å². The monoisotopic (exact) mass is 386 g/mol. The summed E-state index contributed by atoms with van der Waals surface area (Å²) in [7, 11) is -2.37. The Morgan fingerprint density at radius 1 is 1.11 bits per heavy atom. The summed E-state index contributed by atoms with van der Waals surface area (Å²) in [5.74, 6) is -0.819. The Kier molecular flexibility index (Phi) is 5.00. The van der Waals surface area contributed by atoms with Crippen LogP contribution in [0.4, 0.5) is 0 Å². The average molecular weight is 386 g/mol. The maximum Gasteiger partial charge on any atom is 0.326 e. The van der Waals surface area contributed by atoms with Crippen LogP contribution >= 0.6 is 0 Å². The van der Waals surface area contributed by atoms with Crippen LogP contribution in [0.3, 0.4) is 0 Å². The maximum atomic E-state index is 12.2. The second kappa shape index (κ2) is 7.24. The molecule has 7 nitrogen and oxygen atoms in total. The average Bonchev–Trinajstić information content (AvgIpc) is 3.05. The molecule has 0 aliphatic heterocycles. The summed E-state index contributed by atoms with van der Waals surface area (Å²) in [6.45, 7) is 0. The van der Waals surface area contributed by atoms with Crippen molar-refractivity contribution in [2.45, 2.75) is 5.25 Å². The molecule has 140 valence electrons. The van der Waals surface area contributed by atoms with Gasteiger partial charge in [0.05, 0.1) is 18.5 Å². The largest absolute Gasteiger partial charge is 0.497 e. The normalized spacial score (nSPS) is 12.5. The molecule has 0 aliphatic rings. The number of hydrogen-bond acceptors (Lipinski definition) is 5. The van der Waals surface area contributed by atoms with E-state index in [9.17, 15) is 18.3 Å². The summed E-state index contributed by atoms with van der Waals surface area (Å²) in [5, 5.41) is 12.3. The quantitative estimate of drug-likeness (QED) is 0.699. The Hall–Kier alpha value is -3.13. The topological polar surface area (TPSA) is 98.5 Å². The molecule has 1 unspecified atom stereocenters. The second-order valence-electron chi connectivity index (χ2n) is 5.99. The van der Waals surface area contributed by atoms with Crippen molar-refractivity contribution >= 4 is 15.8 Å². The predicted octanol–water partition coefficient (Wildman–Crippen LogP) is 2.72. The van der Waals surface area contributed by atoms with Crippen LogP contribution in [-0.4, -0.2) is 42.6 Å². The van der Waals surface area contributed by atoms with Gasteiger partial charge in [-0.3, -0.25) is 4.79 Å². The van der Waals surface area contributed by atoms with E-state index in [0.29, 0.717) is 22.7 Å². The fourth-order valence-corrected chi connectivity index (χ4v) is 3.81. The SMILES string of the molecule is COc1ccc(-c2nn(-c3ccccc3)cc2C(C(=O)O)S(C)(=O)=O)cc1. The highest BCUT2D eigenvalue weighted by atomic mass is 32.2. The minimum atomic E-state index is -3.91. The van der Waals surface area contributed by atoms with Gasteiger partial charge in [0.25, 0.3) is 0 Å². The van der Waals surface area contributed by atoms with E-state index in [4.69, 9.17) is 4.74 Å². The molecule has 0 fully saturated rings. The number of sulfone groups is 1. The Morgan fingerprint density at radius 3 is 2.26 bits per heavy atom. The lowest BCUT2D eigenvalue weighted by molar-refractivity contribution is -0.136. The summed E-state index contributed by atoms with van der Waals surface area (Å²) in [4.78, 5) is 11.7. The van der Waals surface area contributed by atoms with Gasteiger partial charge in [-0.15, -0.1) is 0 Å². The van der Waals surface area contributed by atoms with Crippen molar-refractivity contribution in [1.29, 1.82) is 0 Å². The highest BCUT2D eigenvalue weighted by Crippen LogP contribution is 2.33. The fourth-order valence-electron chi connectivity index (χ4n) is 2.81. The molecule has 1 atom stereocenters. The van der Waals surface area contributed by atoms with E-state index in [1.165, 1.54) is 18.0 Å². The van der Waals surface area contributed by atoms with Crippen LogP contribution in [-0.2, 0) is 14.6 Å². The first kappa shape index (κ1) is 18.7.